The standard InChI is InChI=1S/C11H13N3OS/c1-8-12-13-11(14(8)2)16-10-6-4-3-5-9(10)7-15/h3-6,15H,7H2,1-2H3. The van der Waals surface area contributed by atoms with Gasteiger partial charge in [0.25, 0.3) is 0 Å². The number of aliphatic hydroxyl groups excluding tert-OH is 1. The molecule has 1 N–H and O–H groups in total. The minimum Gasteiger partial charge on any atom is -0.392 e. The molecule has 1 heterocycles. The summed E-state index contributed by atoms with van der Waals surface area (Å²) < 4.78 is 1.93. The first-order valence-corrected chi connectivity index (χ1v) is 5.76. The van der Waals surface area contributed by atoms with E-state index in [0.29, 0.717) is 0 Å². The molecular weight excluding hydrogens is 222 g/mol. The summed E-state index contributed by atoms with van der Waals surface area (Å²) in [7, 11) is 1.93. The number of hydrogen-bond acceptors (Lipinski definition) is 4. The van der Waals surface area contributed by atoms with Crippen molar-refractivity contribution in [2.75, 3.05) is 0 Å². The number of aryl methyl sites for hydroxylation is 1. The Bertz CT molecular complexity index is 496. The molecule has 0 saturated carbocycles. The monoisotopic (exact) mass is 235 g/mol. The molecular formula is C11H13N3OS. The van der Waals surface area contributed by atoms with Gasteiger partial charge in [0.1, 0.15) is 5.82 Å². The van der Waals surface area contributed by atoms with Gasteiger partial charge in [-0.3, -0.25) is 0 Å². The van der Waals surface area contributed by atoms with Crippen LogP contribution in [0, 0.1) is 6.92 Å². The second kappa shape index (κ2) is 4.67. The van der Waals surface area contributed by atoms with Crippen molar-refractivity contribution < 1.29 is 5.11 Å². The first-order chi connectivity index (χ1) is 7.72. The summed E-state index contributed by atoms with van der Waals surface area (Å²) in [5.74, 6) is 0.879. The molecule has 0 aliphatic carbocycles. The second-order valence-electron chi connectivity index (χ2n) is 3.46. The van der Waals surface area contributed by atoms with E-state index in [9.17, 15) is 5.11 Å². The van der Waals surface area contributed by atoms with Gasteiger partial charge in [-0.1, -0.05) is 18.2 Å². The third kappa shape index (κ3) is 2.10. The SMILES string of the molecule is Cc1nnc(Sc2ccccc2CO)n1C. The topological polar surface area (TPSA) is 50.9 Å². The maximum absolute atomic E-state index is 9.21. The van der Waals surface area contributed by atoms with Crippen LogP contribution in [0.1, 0.15) is 11.4 Å². The summed E-state index contributed by atoms with van der Waals surface area (Å²) in [6.07, 6.45) is 0. The molecule has 16 heavy (non-hydrogen) atoms. The summed E-state index contributed by atoms with van der Waals surface area (Å²) in [6.45, 7) is 1.95. The Morgan fingerprint density at radius 2 is 2.06 bits per heavy atom. The average Bonchev–Trinajstić information content (AvgIpc) is 2.62. The van der Waals surface area contributed by atoms with Crippen molar-refractivity contribution in [3.8, 4) is 0 Å². The number of aromatic nitrogens is 3. The average molecular weight is 235 g/mol. The Labute approximate surface area is 98.3 Å². The van der Waals surface area contributed by atoms with Crippen LogP contribution in [-0.2, 0) is 13.7 Å². The minimum absolute atomic E-state index is 0.0417. The number of hydrogen-bond donors (Lipinski definition) is 1. The zero-order chi connectivity index (χ0) is 11.5. The van der Waals surface area contributed by atoms with Crippen LogP contribution >= 0.6 is 11.8 Å². The largest absolute Gasteiger partial charge is 0.392 e. The maximum Gasteiger partial charge on any atom is 0.195 e. The smallest absolute Gasteiger partial charge is 0.195 e. The van der Waals surface area contributed by atoms with Gasteiger partial charge in [-0.05, 0) is 30.3 Å². The van der Waals surface area contributed by atoms with E-state index in [-0.39, 0.29) is 6.61 Å². The van der Waals surface area contributed by atoms with Crippen LogP contribution in [0.3, 0.4) is 0 Å². The molecule has 0 saturated heterocycles. The van der Waals surface area contributed by atoms with Crippen molar-refractivity contribution in [2.45, 2.75) is 23.6 Å². The second-order valence-corrected chi connectivity index (χ2v) is 4.47. The van der Waals surface area contributed by atoms with Crippen molar-refractivity contribution in [2.24, 2.45) is 7.05 Å². The van der Waals surface area contributed by atoms with Crippen LogP contribution < -0.4 is 0 Å². The molecule has 0 spiro atoms. The Hall–Kier alpha value is -1.33. The van der Waals surface area contributed by atoms with Crippen LogP contribution in [0.15, 0.2) is 34.3 Å². The van der Waals surface area contributed by atoms with E-state index in [2.05, 4.69) is 10.2 Å². The van der Waals surface area contributed by atoms with E-state index in [4.69, 9.17) is 0 Å². The zero-order valence-corrected chi connectivity index (χ0v) is 10.0. The van der Waals surface area contributed by atoms with Crippen molar-refractivity contribution in [1.29, 1.82) is 0 Å². The van der Waals surface area contributed by atoms with Crippen molar-refractivity contribution in [1.82, 2.24) is 14.8 Å². The zero-order valence-electron chi connectivity index (χ0n) is 9.21. The van der Waals surface area contributed by atoms with Gasteiger partial charge < -0.3 is 9.67 Å². The van der Waals surface area contributed by atoms with Gasteiger partial charge in [-0.2, -0.15) is 0 Å². The van der Waals surface area contributed by atoms with Crippen molar-refractivity contribution in [3.63, 3.8) is 0 Å². The summed E-state index contributed by atoms with van der Waals surface area (Å²) in [6, 6.07) is 7.74. The quantitative estimate of drug-likeness (QED) is 0.881. The first-order valence-electron chi connectivity index (χ1n) is 4.95. The molecule has 2 aromatic rings. The van der Waals surface area contributed by atoms with Gasteiger partial charge in [-0.15, -0.1) is 10.2 Å². The van der Waals surface area contributed by atoms with E-state index >= 15 is 0 Å². The van der Waals surface area contributed by atoms with E-state index < -0.39 is 0 Å². The Kier molecular flexibility index (Phi) is 3.26. The van der Waals surface area contributed by atoms with Gasteiger partial charge in [0.15, 0.2) is 5.16 Å². The highest BCUT2D eigenvalue weighted by Crippen LogP contribution is 2.28. The highest BCUT2D eigenvalue weighted by molar-refractivity contribution is 7.99. The minimum atomic E-state index is 0.0417. The molecule has 0 aliphatic heterocycles. The summed E-state index contributed by atoms with van der Waals surface area (Å²) >= 11 is 1.52. The van der Waals surface area contributed by atoms with Crippen LogP contribution in [-0.4, -0.2) is 19.9 Å². The molecule has 0 aliphatic rings. The molecule has 0 unspecified atom stereocenters. The fraction of sp³-hybridized carbons (Fsp3) is 0.273. The fourth-order valence-electron chi connectivity index (χ4n) is 1.31. The number of benzene rings is 1. The number of rotatable bonds is 3. The molecule has 0 radical (unpaired) electrons. The van der Waals surface area contributed by atoms with E-state index in [1.54, 1.807) is 0 Å². The summed E-state index contributed by atoms with van der Waals surface area (Å²) in [5.41, 5.74) is 0.910. The summed E-state index contributed by atoms with van der Waals surface area (Å²) in [4.78, 5) is 1.01. The van der Waals surface area contributed by atoms with Gasteiger partial charge in [-0.25, -0.2) is 0 Å². The van der Waals surface area contributed by atoms with Crippen LogP contribution in [0.4, 0.5) is 0 Å². The molecule has 0 amide bonds. The fourth-order valence-corrected chi connectivity index (χ4v) is 2.27. The Morgan fingerprint density at radius 1 is 1.31 bits per heavy atom. The van der Waals surface area contributed by atoms with Crippen LogP contribution in [0.2, 0.25) is 0 Å². The lowest BCUT2D eigenvalue weighted by Gasteiger charge is -2.05. The van der Waals surface area contributed by atoms with Gasteiger partial charge in [0, 0.05) is 11.9 Å². The highest BCUT2D eigenvalue weighted by atomic mass is 32.2. The summed E-state index contributed by atoms with van der Waals surface area (Å²) in [5, 5.41) is 18.1. The molecule has 84 valence electrons. The molecule has 5 heteroatoms. The predicted molar refractivity (Wildman–Crippen MR) is 62.2 cm³/mol. The lowest BCUT2D eigenvalue weighted by Crippen LogP contribution is -1.94. The molecule has 0 atom stereocenters. The predicted octanol–water partition coefficient (Wildman–Crippen LogP) is 1.77. The van der Waals surface area contributed by atoms with Gasteiger partial charge in [0.2, 0.25) is 0 Å². The normalized spacial score (nSPS) is 10.7. The third-order valence-electron chi connectivity index (χ3n) is 2.40. The molecule has 0 fully saturated rings. The number of aliphatic hydroxyl groups is 1. The third-order valence-corrected chi connectivity index (χ3v) is 3.55. The molecule has 1 aromatic carbocycles. The lowest BCUT2D eigenvalue weighted by atomic mass is 10.2. The van der Waals surface area contributed by atoms with Gasteiger partial charge >= 0.3 is 0 Å². The van der Waals surface area contributed by atoms with Crippen molar-refractivity contribution in [3.05, 3.63) is 35.7 Å². The van der Waals surface area contributed by atoms with Crippen LogP contribution in [0.25, 0.3) is 0 Å². The van der Waals surface area contributed by atoms with E-state index in [1.165, 1.54) is 11.8 Å². The molecule has 2 rings (SSSR count). The van der Waals surface area contributed by atoms with Crippen molar-refractivity contribution >= 4 is 11.8 Å². The molecule has 0 bridgehead atoms. The van der Waals surface area contributed by atoms with Crippen LogP contribution in [0.5, 0.6) is 0 Å². The Morgan fingerprint density at radius 3 is 2.69 bits per heavy atom. The number of nitrogens with zero attached hydrogens (tertiary/aromatic N) is 3. The van der Waals surface area contributed by atoms with E-state index in [0.717, 1.165) is 21.4 Å². The van der Waals surface area contributed by atoms with Gasteiger partial charge in [0.05, 0.1) is 6.61 Å². The molecule has 4 nitrogen and oxygen atoms in total. The first kappa shape index (κ1) is 11.2. The Balaban J connectivity index is 2.30. The highest BCUT2D eigenvalue weighted by Gasteiger charge is 2.09. The van der Waals surface area contributed by atoms with E-state index in [1.807, 2.05) is 42.8 Å². The molecule has 1 aromatic heterocycles. The lowest BCUT2D eigenvalue weighted by molar-refractivity contribution is 0.279. The maximum atomic E-state index is 9.21.